The molecular formula is C53H44N4O. The molecule has 0 amide bonds. The number of aryl methyl sites for hydroxylation is 3. The number of fused-ring (bicyclic) bond motifs is 4. The van der Waals surface area contributed by atoms with Gasteiger partial charge in [-0.05, 0) is 85.5 Å². The van der Waals surface area contributed by atoms with Gasteiger partial charge in [0.1, 0.15) is 18.2 Å². The van der Waals surface area contributed by atoms with E-state index < -0.39 is 0 Å². The minimum atomic E-state index is 0.637. The van der Waals surface area contributed by atoms with Gasteiger partial charge in [-0.15, -0.1) is 0 Å². The second-order valence-electron chi connectivity index (χ2n) is 15.3. The summed E-state index contributed by atoms with van der Waals surface area (Å²) in [6.45, 7) is 7.79. The number of rotatable bonds is 9. The molecule has 0 saturated carbocycles. The smallest absolute Gasteiger partial charge is 0.129 e. The lowest BCUT2D eigenvalue weighted by molar-refractivity contribution is 0.483. The van der Waals surface area contributed by atoms with Crippen LogP contribution in [-0.4, -0.2) is 11.2 Å². The molecule has 8 aromatic carbocycles. The van der Waals surface area contributed by atoms with Crippen LogP contribution in [0.5, 0.6) is 11.5 Å². The Kier molecular flexibility index (Phi) is 8.91. The Morgan fingerprint density at radius 1 is 0.500 bits per heavy atom. The van der Waals surface area contributed by atoms with Crippen LogP contribution in [0.25, 0.3) is 44.1 Å². The summed E-state index contributed by atoms with van der Waals surface area (Å²) in [6, 6.07) is 64.9. The standard InChI is InChI=1S/C53H44N4O/c1-36-30-37(2)52(38(3)31-36)54-34-55-48-25-11-10-22-46(48)47-29-28-43(33-51(47)55)58-42-21-14-20-41(32-42)56-35-57(50-27-13-12-26-49(50)56)53-44(39-16-6-4-7-17-39)23-15-24-45(53)40-18-8-5-9-19-40/h4-33,54H,34-35H2,1-3H3. The van der Waals surface area contributed by atoms with Crippen LogP contribution < -0.4 is 19.9 Å². The fourth-order valence-electron chi connectivity index (χ4n) is 8.89. The predicted molar refractivity (Wildman–Crippen MR) is 243 cm³/mol. The van der Waals surface area contributed by atoms with Gasteiger partial charge in [0.25, 0.3) is 0 Å². The van der Waals surface area contributed by atoms with Gasteiger partial charge in [-0.2, -0.15) is 0 Å². The lowest BCUT2D eigenvalue weighted by atomic mass is 9.95. The molecule has 0 atom stereocenters. The first kappa shape index (κ1) is 35.2. The number of ether oxygens (including phenoxy) is 1. The Morgan fingerprint density at radius 3 is 1.79 bits per heavy atom. The molecule has 0 bridgehead atoms. The van der Waals surface area contributed by atoms with Gasteiger partial charge in [0.15, 0.2) is 0 Å². The number of hydrogen-bond donors (Lipinski definition) is 1. The number of anilines is 5. The second-order valence-corrected chi connectivity index (χ2v) is 15.3. The summed E-state index contributed by atoms with van der Waals surface area (Å²) in [5, 5.41) is 6.20. The maximum absolute atomic E-state index is 6.73. The number of benzene rings is 8. The zero-order valence-electron chi connectivity index (χ0n) is 33.0. The van der Waals surface area contributed by atoms with Crippen LogP contribution in [0.2, 0.25) is 0 Å². The van der Waals surface area contributed by atoms with Gasteiger partial charge in [-0.3, -0.25) is 0 Å². The largest absolute Gasteiger partial charge is 0.457 e. The van der Waals surface area contributed by atoms with Crippen molar-refractivity contribution >= 4 is 50.2 Å². The molecule has 2 heterocycles. The van der Waals surface area contributed by atoms with Crippen molar-refractivity contribution in [3.05, 3.63) is 199 Å². The van der Waals surface area contributed by atoms with Gasteiger partial charge in [-0.1, -0.05) is 133 Å². The maximum atomic E-state index is 6.73. The number of para-hydroxylation sites is 4. The van der Waals surface area contributed by atoms with Gasteiger partial charge in [0.05, 0.1) is 34.8 Å². The van der Waals surface area contributed by atoms with Crippen LogP contribution >= 0.6 is 0 Å². The Labute approximate surface area is 340 Å². The molecule has 1 aliphatic heterocycles. The predicted octanol–water partition coefficient (Wildman–Crippen LogP) is 14.2. The third-order valence-corrected chi connectivity index (χ3v) is 11.4. The molecular weight excluding hydrogens is 709 g/mol. The van der Waals surface area contributed by atoms with Crippen LogP contribution in [0.1, 0.15) is 16.7 Å². The van der Waals surface area contributed by atoms with E-state index in [2.05, 4.69) is 216 Å². The van der Waals surface area contributed by atoms with E-state index in [1.165, 1.54) is 66.6 Å². The third kappa shape index (κ3) is 6.31. The van der Waals surface area contributed by atoms with Crippen molar-refractivity contribution in [1.29, 1.82) is 0 Å². The average molecular weight is 753 g/mol. The molecule has 10 rings (SSSR count). The zero-order chi connectivity index (χ0) is 39.2. The van der Waals surface area contributed by atoms with E-state index in [9.17, 15) is 0 Å². The van der Waals surface area contributed by atoms with E-state index in [0.29, 0.717) is 13.3 Å². The van der Waals surface area contributed by atoms with E-state index in [1.54, 1.807) is 0 Å². The minimum absolute atomic E-state index is 0.637. The lowest BCUT2D eigenvalue weighted by Crippen LogP contribution is -2.24. The van der Waals surface area contributed by atoms with E-state index in [1.807, 2.05) is 6.07 Å². The lowest BCUT2D eigenvalue weighted by Gasteiger charge is -2.27. The normalized spacial score (nSPS) is 12.3. The van der Waals surface area contributed by atoms with E-state index in [-0.39, 0.29) is 0 Å². The molecule has 9 aromatic rings. The summed E-state index contributed by atoms with van der Waals surface area (Å²) in [7, 11) is 0. The molecule has 5 nitrogen and oxygen atoms in total. The molecule has 58 heavy (non-hydrogen) atoms. The highest BCUT2D eigenvalue weighted by Gasteiger charge is 2.31. The quantitative estimate of drug-likeness (QED) is 0.159. The van der Waals surface area contributed by atoms with Crippen LogP contribution in [0.3, 0.4) is 0 Å². The van der Waals surface area contributed by atoms with Crippen LogP contribution in [-0.2, 0) is 6.67 Å². The van der Waals surface area contributed by atoms with Crippen molar-refractivity contribution in [2.24, 2.45) is 0 Å². The first-order valence-corrected chi connectivity index (χ1v) is 20.0. The summed E-state index contributed by atoms with van der Waals surface area (Å²) >= 11 is 0. The van der Waals surface area contributed by atoms with Crippen LogP contribution in [0.15, 0.2) is 182 Å². The molecule has 0 saturated heterocycles. The number of hydrogen-bond acceptors (Lipinski definition) is 4. The Bertz CT molecular complexity index is 2870. The fraction of sp³-hybridized carbons (Fsp3) is 0.0943. The minimum Gasteiger partial charge on any atom is -0.457 e. The molecule has 0 spiro atoms. The van der Waals surface area contributed by atoms with Gasteiger partial charge in [-0.25, -0.2) is 0 Å². The molecule has 0 aliphatic carbocycles. The first-order valence-electron chi connectivity index (χ1n) is 20.0. The molecule has 5 heteroatoms. The van der Waals surface area contributed by atoms with E-state index in [0.717, 1.165) is 34.1 Å². The molecule has 282 valence electrons. The third-order valence-electron chi connectivity index (χ3n) is 11.4. The van der Waals surface area contributed by atoms with E-state index >= 15 is 0 Å². The number of nitrogens with one attached hydrogen (secondary N) is 1. The van der Waals surface area contributed by atoms with Crippen molar-refractivity contribution < 1.29 is 4.74 Å². The number of nitrogens with zero attached hydrogens (tertiary/aromatic N) is 3. The van der Waals surface area contributed by atoms with Crippen molar-refractivity contribution in [1.82, 2.24) is 4.57 Å². The summed E-state index contributed by atoms with van der Waals surface area (Å²) in [5.74, 6) is 1.58. The van der Waals surface area contributed by atoms with E-state index in [4.69, 9.17) is 4.74 Å². The molecule has 0 radical (unpaired) electrons. The molecule has 0 unspecified atom stereocenters. The van der Waals surface area contributed by atoms with Crippen molar-refractivity contribution in [2.75, 3.05) is 21.8 Å². The van der Waals surface area contributed by atoms with Crippen molar-refractivity contribution in [2.45, 2.75) is 27.4 Å². The molecule has 1 N–H and O–H groups in total. The van der Waals surface area contributed by atoms with Crippen LogP contribution in [0.4, 0.5) is 28.4 Å². The Morgan fingerprint density at radius 2 is 1.09 bits per heavy atom. The van der Waals surface area contributed by atoms with Crippen molar-refractivity contribution in [3.8, 4) is 33.8 Å². The van der Waals surface area contributed by atoms with Crippen molar-refractivity contribution in [3.63, 3.8) is 0 Å². The fourth-order valence-corrected chi connectivity index (χ4v) is 8.89. The van der Waals surface area contributed by atoms with Gasteiger partial charge in [0.2, 0.25) is 0 Å². The topological polar surface area (TPSA) is 32.7 Å². The Balaban J connectivity index is 0.998. The summed E-state index contributed by atoms with van der Waals surface area (Å²) in [6.07, 6.45) is 0. The van der Waals surface area contributed by atoms with Crippen LogP contribution in [0, 0.1) is 20.8 Å². The van der Waals surface area contributed by atoms with Gasteiger partial charge < -0.3 is 24.4 Å². The summed E-state index contributed by atoms with van der Waals surface area (Å²) < 4.78 is 9.09. The summed E-state index contributed by atoms with van der Waals surface area (Å²) in [4.78, 5) is 4.86. The highest BCUT2D eigenvalue weighted by Crippen LogP contribution is 2.50. The SMILES string of the molecule is Cc1cc(C)c(NCn2c3ccccc3c3ccc(Oc4cccc(N5CN(c6c(-c7ccccc7)cccc6-c6ccccc6)c6ccccc65)c4)cc32)c(C)c1. The maximum Gasteiger partial charge on any atom is 0.129 e. The monoisotopic (exact) mass is 752 g/mol. The highest BCUT2D eigenvalue weighted by molar-refractivity contribution is 6.08. The first-order chi connectivity index (χ1) is 28.5. The molecule has 1 aromatic heterocycles. The average Bonchev–Trinajstić information content (AvgIpc) is 3.79. The summed E-state index contributed by atoms with van der Waals surface area (Å²) in [5.41, 5.74) is 16.6. The molecule has 0 fully saturated rings. The Hall–Kier alpha value is -7.24. The van der Waals surface area contributed by atoms with Gasteiger partial charge >= 0.3 is 0 Å². The second kappa shape index (κ2) is 14.7. The highest BCUT2D eigenvalue weighted by atomic mass is 16.5. The zero-order valence-corrected chi connectivity index (χ0v) is 33.0. The number of aromatic nitrogens is 1. The van der Waals surface area contributed by atoms with Gasteiger partial charge in [0, 0.05) is 45.4 Å². The molecule has 1 aliphatic rings.